The van der Waals surface area contributed by atoms with E-state index < -0.39 is 0 Å². The van der Waals surface area contributed by atoms with E-state index in [0.29, 0.717) is 23.9 Å². The average Bonchev–Trinajstić information content (AvgIpc) is 3.06. The Morgan fingerprint density at radius 1 is 1.35 bits per heavy atom. The minimum Gasteiger partial charge on any atom is -0.460 e. The molecule has 2 aromatic rings. The molecule has 0 radical (unpaired) electrons. The Labute approximate surface area is 98.7 Å². The van der Waals surface area contributed by atoms with Gasteiger partial charge in [0.15, 0.2) is 5.82 Å². The fourth-order valence-electron chi connectivity index (χ4n) is 1.73. The third kappa shape index (κ3) is 2.36. The van der Waals surface area contributed by atoms with Crippen LogP contribution in [0.5, 0.6) is 0 Å². The van der Waals surface area contributed by atoms with E-state index >= 15 is 0 Å². The summed E-state index contributed by atoms with van der Waals surface area (Å²) in [4.78, 5) is 3.72. The summed E-state index contributed by atoms with van der Waals surface area (Å²) in [5.41, 5.74) is 0.456. The SMILES string of the molecule is Fc1cnccc1-c1ccc(CNC2CC2)o1. The van der Waals surface area contributed by atoms with Gasteiger partial charge in [-0.05, 0) is 31.0 Å². The van der Waals surface area contributed by atoms with Crippen LogP contribution in [0.15, 0.2) is 35.0 Å². The van der Waals surface area contributed by atoms with Crippen molar-refractivity contribution in [2.75, 3.05) is 0 Å². The van der Waals surface area contributed by atoms with Gasteiger partial charge in [0.1, 0.15) is 11.5 Å². The van der Waals surface area contributed by atoms with Crippen LogP contribution >= 0.6 is 0 Å². The van der Waals surface area contributed by atoms with Gasteiger partial charge in [-0.1, -0.05) is 0 Å². The second-order valence-electron chi connectivity index (χ2n) is 4.28. The van der Waals surface area contributed by atoms with E-state index in [1.807, 2.05) is 6.07 Å². The van der Waals surface area contributed by atoms with Crippen molar-refractivity contribution in [3.8, 4) is 11.3 Å². The highest BCUT2D eigenvalue weighted by atomic mass is 19.1. The third-order valence-electron chi connectivity index (χ3n) is 2.84. The van der Waals surface area contributed by atoms with Crippen LogP contribution in [0.2, 0.25) is 0 Å². The zero-order chi connectivity index (χ0) is 11.7. The van der Waals surface area contributed by atoms with Crippen molar-refractivity contribution in [1.29, 1.82) is 0 Å². The lowest BCUT2D eigenvalue weighted by Crippen LogP contribution is -2.14. The maximum Gasteiger partial charge on any atom is 0.152 e. The van der Waals surface area contributed by atoms with Crippen molar-refractivity contribution < 1.29 is 8.81 Å². The molecule has 2 aromatic heterocycles. The molecule has 0 unspecified atom stereocenters. The van der Waals surface area contributed by atoms with Crippen LogP contribution in [0.3, 0.4) is 0 Å². The molecule has 17 heavy (non-hydrogen) atoms. The van der Waals surface area contributed by atoms with Gasteiger partial charge in [-0.3, -0.25) is 4.98 Å². The van der Waals surface area contributed by atoms with Crippen molar-refractivity contribution in [3.63, 3.8) is 0 Å². The second kappa shape index (κ2) is 4.30. The van der Waals surface area contributed by atoms with Crippen LogP contribution in [-0.4, -0.2) is 11.0 Å². The molecule has 0 bridgehead atoms. The van der Waals surface area contributed by atoms with E-state index in [1.54, 1.807) is 18.3 Å². The summed E-state index contributed by atoms with van der Waals surface area (Å²) in [5, 5.41) is 3.35. The summed E-state index contributed by atoms with van der Waals surface area (Å²) in [7, 11) is 0. The maximum absolute atomic E-state index is 13.5. The van der Waals surface area contributed by atoms with Crippen LogP contribution in [-0.2, 0) is 6.54 Å². The Kier molecular flexibility index (Phi) is 2.65. The van der Waals surface area contributed by atoms with E-state index in [2.05, 4.69) is 10.3 Å². The average molecular weight is 232 g/mol. The number of nitrogens with zero attached hydrogens (tertiary/aromatic N) is 1. The summed E-state index contributed by atoms with van der Waals surface area (Å²) < 4.78 is 19.1. The highest BCUT2D eigenvalue weighted by molar-refractivity contribution is 5.57. The van der Waals surface area contributed by atoms with Gasteiger partial charge < -0.3 is 9.73 Å². The molecule has 88 valence electrons. The summed E-state index contributed by atoms with van der Waals surface area (Å²) in [6, 6.07) is 5.93. The van der Waals surface area contributed by atoms with E-state index in [0.717, 1.165) is 5.76 Å². The van der Waals surface area contributed by atoms with E-state index in [4.69, 9.17) is 4.42 Å². The summed E-state index contributed by atoms with van der Waals surface area (Å²) in [6.07, 6.45) is 5.24. The van der Waals surface area contributed by atoms with Crippen LogP contribution in [0.1, 0.15) is 18.6 Å². The molecule has 4 heteroatoms. The Balaban J connectivity index is 1.77. The molecular formula is C13H13FN2O. The fourth-order valence-corrected chi connectivity index (χ4v) is 1.73. The van der Waals surface area contributed by atoms with Gasteiger partial charge in [-0.2, -0.15) is 0 Å². The predicted molar refractivity (Wildman–Crippen MR) is 61.8 cm³/mol. The van der Waals surface area contributed by atoms with Gasteiger partial charge in [0.2, 0.25) is 0 Å². The van der Waals surface area contributed by atoms with Crippen molar-refractivity contribution in [3.05, 3.63) is 42.2 Å². The quantitative estimate of drug-likeness (QED) is 0.880. The number of hydrogen-bond donors (Lipinski definition) is 1. The van der Waals surface area contributed by atoms with Gasteiger partial charge in [0.05, 0.1) is 18.3 Å². The second-order valence-corrected chi connectivity index (χ2v) is 4.28. The number of hydrogen-bond acceptors (Lipinski definition) is 3. The first-order valence-corrected chi connectivity index (χ1v) is 5.75. The number of rotatable bonds is 4. The monoisotopic (exact) mass is 232 g/mol. The first-order chi connectivity index (χ1) is 8.33. The zero-order valence-corrected chi connectivity index (χ0v) is 9.32. The van der Waals surface area contributed by atoms with E-state index in [-0.39, 0.29) is 5.82 Å². The normalized spacial score (nSPS) is 15.1. The largest absolute Gasteiger partial charge is 0.460 e. The fraction of sp³-hybridized carbons (Fsp3) is 0.308. The molecule has 0 aliphatic heterocycles. The lowest BCUT2D eigenvalue weighted by Gasteiger charge is -2.00. The topological polar surface area (TPSA) is 38.1 Å². The predicted octanol–water partition coefficient (Wildman–Crippen LogP) is 2.73. The first-order valence-electron chi connectivity index (χ1n) is 5.75. The number of furan rings is 1. The van der Waals surface area contributed by atoms with Gasteiger partial charge in [0.25, 0.3) is 0 Å². The molecule has 1 saturated carbocycles. The number of pyridine rings is 1. The lowest BCUT2D eigenvalue weighted by molar-refractivity contribution is 0.489. The Morgan fingerprint density at radius 2 is 2.24 bits per heavy atom. The van der Waals surface area contributed by atoms with Gasteiger partial charge >= 0.3 is 0 Å². The van der Waals surface area contributed by atoms with Crippen molar-refractivity contribution in [2.45, 2.75) is 25.4 Å². The highest BCUT2D eigenvalue weighted by Crippen LogP contribution is 2.25. The highest BCUT2D eigenvalue weighted by Gasteiger charge is 2.20. The summed E-state index contributed by atoms with van der Waals surface area (Å²) in [5.74, 6) is 1.03. The zero-order valence-electron chi connectivity index (χ0n) is 9.32. The molecule has 0 atom stereocenters. The minimum absolute atomic E-state index is 0.358. The molecule has 1 N–H and O–H groups in total. The summed E-state index contributed by atoms with van der Waals surface area (Å²) >= 11 is 0. The lowest BCUT2D eigenvalue weighted by atomic mass is 10.2. The Morgan fingerprint density at radius 3 is 3.00 bits per heavy atom. The smallest absolute Gasteiger partial charge is 0.152 e. The van der Waals surface area contributed by atoms with Crippen LogP contribution in [0, 0.1) is 5.82 Å². The molecule has 1 aliphatic carbocycles. The van der Waals surface area contributed by atoms with Crippen LogP contribution in [0.4, 0.5) is 4.39 Å². The molecule has 0 saturated heterocycles. The number of nitrogens with one attached hydrogen (secondary N) is 1. The molecule has 2 heterocycles. The number of aromatic nitrogens is 1. The molecule has 0 spiro atoms. The van der Waals surface area contributed by atoms with E-state index in [1.165, 1.54) is 19.0 Å². The van der Waals surface area contributed by atoms with Crippen LogP contribution < -0.4 is 5.32 Å². The van der Waals surface area contributed by atoms with Crippen molar-refractivity contribution in [1.82, 2.24) is 10.3 Å². The molecule has 1 aliphatic rings. The Hall–Kier alpha value is -1.68. The summed E-state index contributed by atoms with van der Waals surface area (Å²) in [6.45, 7) is 0.706. The van der Waals surface area contributed by atoms with Crippen molar-refractivity contribution in [2.24, 2.45) is 0 Å². The van der Waals surface area contributed by atoms with Gasteiger partial charge in [0, 0.05) is 12.2 Å². The van der Waals surface area contributed by atoms with Crippen LogP contribution in [0.25, 0.3) is 11.3 Å². The minimum atomic E-state index is -0.358. The molecule has 0 aromatic carbocycles. The maximum atomic E-state index is 13.5. The molecular weight excluding hydrogens is 219 g/mol. The Bertz CT molecular complexity index is 520. The first kappa shape index (κ1) is 10.5. The molecule has 3 nitrogen and oxygen atoms in total. The number of halogens is 1. The molecule has 1 fully saturated rings. The van der Waals surface area contributed by atoms with Crippen molar-refractivity contribution >= 4 is 0 Å². The van der Waals surface area contributed by atoms with Gasteiger partial charge in [-0.15, -0.1) is 0 Å². The molecule has 3 rings (SSSR count). The molecule has 0 amide bonds. The van der Waals surface area contributed by atoms with Gasteiger partial charge in [-0.25, -0.2) is 4.39 Å². The standard InChI is InChI=1S/C13H13FN2O/c14-12-8-15-6-5-11(12)13-4-3-10(17-13)7-16-9-1-2-9/h3-6,8-9,16H,1-2,7H2. The van der Waals surface area contributed by atoms with E-state index in [9.17, 15) is 4.39 Å². The third-order valence-corrected chi connectivity index (χ3v) is 2.84.